The van der Waals surface area contributed by atoms with Gasteiger partial charge < -0.3 is 19.3 Å². The molecular formula is C32H35N5O4S. The number of hydrogen-bond acceptors (Lipinski definition) is 6. The molecule has 1 amide bonds. The van der Waals surface area contributed by atoms with Crippen LogP contribution in [0.25, 0.3) is 10.8 Å². The van der Waals surface area contributed by atoms with Gasteiger partial charge in [0.25, 0.3) is 21.5 Å². The third kappa shape index (κ3) is 4.89. The molecule has 0 radical (unpaired) electrons. The van der Waals surface area contributed by atoms with Crippen molar-refractivity contribution < 1.29 is 13.2 Å². The quantitative estimate of drug-likeness (QED) is 0.365. The Labute approximate surface area is 246 Å². The fourth-order valence-corrected chi connectivity index (χ4v) is 7.64. The highest BCUT2D eigenvalue weighted by Gasteiger charge is 2.37. The number of carbonyl (C=O) groups is 1. The Morgan fingerprint density at radius 1 is 0.833 bits per heavy atom. The predicted octanol–water partition coefficient (Wildman–Crippen LogP) is 4.19. The summed E-state index contributed by atoms with van der Waals surface area (Å²) in [7, 11) is 3.70. The summed E-state index contributed by atoms with van der Waals surface area (Å²) in [5, 5.41) is 1.40. The summed E-state index contributed by atoms with van der Waals surface area (Å²) in [4.78, 5) is 32.9. The number of hydrogen-bond donors (Lipinski definition) is 1. The standard InChI is InChI=1S/C32H35N5O4S/c1-34(2)24-13-11-22(12-14-24)31(38)36-18-21-17-23(20-36)28-16-15-27(32(39)37(28)19-21)33-42(40,41)30-10-6-7-25-26(30)8-5-9-29(25)35(3)4/h5-16,21,23,33H,17-20H2,1-4H3/t21-,23+/m0/s1. The highest BCUT2D eigenvalue weighted by atomic mass is 32.2. The van der Waals surface area contributed by atoms with Crippen LogP contribution in [0.2, 0.25) is 0 Å². The van der Waals surface area contributed by atoms with Crippen LogP contribution in [0.3, 0.4) is 0 Å². The number of aromatic nitrogens is 1. The number of amides is 1. The molecule has 0 aliphatic carbocycles. The molecule has 1 N–H and O–H groups in total. The van der Waals surface area contributed by atoms with Crippen LogP contribution in [0.15, 0.2) is 82.5 Å². The Hall–Kier alpha value is -4.31. The summed E-state index contributed by atoms with van der Waals surface area (Å²) in [5.41, 5.74) is 3.07. The number of likely N-dealkylation sites (tertiary alicyclic amines) is 1. The molecule has 4 aromatic rings. The minimum absolute atomic E-state index is 0.00313. The van der Waals surface area contributed by atoms with Crippen LogP contribution < -0.4 is 20.1 Å². The van der Waals surface area contributed by atoms with E-state index in [2.05, 4.69) is 4.72 Å². The van der Waals surface area contributed by atoms with Crippen LogP contribution in [-0.2, 0) is 16.6 Å². The number of nitrogens with one attached hydrogen (secondary N) is 1. The maximum Gasteiger partial charge on any atom is 0.275 e. The molecule has 0 unspecified atom stereocenters. The number of rotatable bonds is 6. The van der Waals surface area contributed by atoms with Gasteiger partial charge in [-0.1, -0.05) is 24.3 Å². The minimum Gasteiger partial charge on any atom is -0.378 e. The lowest BCUT2D eigenvalue weighted by molar-refractivity contribution is 0.0594. The Balaban J connectivity index is 1.26. The summed E-state index contributed by atoms with van der Waals surface area (Å²) >= 11 is 0. The van der Waals surface area contributed by atoms with Crippen molar-refractivity contribution >= 4 is 43.8 Å². The molecule has 3 aromatic carbocycles. The molecule has 2 aliphatic rings. The van der Waals surface area contributed by atoms with Gasteiger partial charge in [0.05, 0.1) is 4.90 Å². The van der Waals surface area contributed by atoms with Gasteiger partial charge in [-0.3, -0.25) is 14.3 Å². The number of pyridine rings is 1. The number of carbonyl (C=O) groups excluding carboxylic acids is 1. The van der Waals surface area contributed by atoms with Gasteiger partial charge in [-0.15, -0.1) is 0 Å². The molecule has 3 heterocycles. The van der Waals surface area contributed by atoms with Gasteiger partial charge in [-0.2, -0.15) is 0 Å². The van der Waals surface area contributed by atoms with E-state index in [-0.39, 0.29) is 33.9 Å². The largest absolute Gasteiger partial charge is 0.378 e. The maximum atomic E-state index is 13.6. The van der Waals surface area contributed by atoms with E-state index in [0.717, 1.165) is 28.9 Å². The van der Waals surface area contributed by atoms with Crippen LogP contribution in [0.1, 0.15) is 28.4 Å². The topological polar surface area (TPSA) is 95.0 Å². The summed E-state index contributed by atoms with van der Waals surface area (Å²) in [6.45, 7) is 1.50. The number of nitrogens with zero attached hydrogens (tertiary/aromatic N) is 4. The van der Waals surface area contributed by atoms with E-state index in [4.69, 9.17) is 0 Å². The van der Waals surface area contributed by atoms with Crippen molar-refractivity contribution in [3.05, 3.63) is 94.4 Å². The predicted molar refractivity (Wildman–Crippen MR) is 167 cm³/mol. The van der Waals surface area contributed by atoms with Crippen LogP contribution in [0.4, 0.5) is 17.1 Å². The second-order valence-corrected chi connectivity index (χ2v) is 13.3. The number of piperidine rings is 1. The van der Waals surface area contributed by atoms with E-state index in [0.29, 0.717) is 30.6 Å². The molecule has 0 spiro atoms. The molecule has 1 saturated heterocycles. The van der Waals surface area contributed by atoms with Crippen molar-refractivity contribution in [1.82, 2.24) is 9.47 Å². The Bertz CT molecular complexity index is 1850. The van der Waals surface area contributed by atoms with E-state index in [1.165, 1.54) is 0 Å². The fraction of sp³-hybridized carbons (Fsp3) is 0.312. The minimum atomic E-state index is -4.05. The SMILES string of the molecule is CN(C)c1ccc(C(=O)N2C[C@@H]3C[C@H](C2)c2ccc(NS(=O)(=O)c4cccc5c(N(C)C)cccc45)c(=O)n2C3)cc1. The van der Waals surface area contributed by atoms with E-state index in [9.17, 15) is 18.0 Å². The summed E-state index contributed by atoms with van der Waals surface area (Å²) < 4.78 is 31.5. The van der Waals surface area contributed by atoms with E-state index in [1.807, 2.05) is 91.4 Å². The molecule has 10 heteroatoms. The van der Waals surface area contributed by atoms with E-state index in [1.54, 1.807) is 28.8 Å². The van der Waals surface area contributed by atoms with Gasteiger partial charge in [0.15, 0.2) is 0 Å². The fourth-order valence-electron chi connectivity index (χ4n) is 6.36. The molecule has 2 aliphatic heterocycles. The van der Waals surface area contributed by atoms with Gasteiger partial charge in [0.2, 0.25) is 0 Å². The highest BCUT2D eigenvalue weighted by molar-refractivity contribution is 7.93. The van der Waals surface area contributed by atoms with Crippen LogP contribution in [0, 0.1) is 5.92 Å². The van der Waals surface area contributed by atoms with Gasteiger partial charge in [0, 0.05) is 87.1 Å². The van der Waals surface area contributed by atoms with Crippen molar-refractivity contribution in [2.75, 3.05) is 55.8 Å². The summed E-state index contributed by atoms with van der Waals surface area (Å²) in [6, 6.07) is 21.7. The third-order valence-electron chi connectivity index (χ3n) is 8.40. The van der Waals surface area contributed by atoms with Gasteiger partial charge in [0.1, 0.15) is 5.69 Å². The number of fused-ring (bicyclic) bond motifs is 5. The number of benzene rings is 3. The number of sulfonamides is 1. The average Bonchev–Trinajstić information content (AvgIpc) is 2.97. The average molecular weight is 586 g/mol. The molecule has 42 heavy (non-hydrogen) atoms. The molecule has 1 fully saturated rings. The molecule has 9 nitrogen and oxygen atoms in total. The maximum absolute atomic E-state index is 13.6. The van der Waals surface area contributed by atoms with Crippen molar-refractivity contribution in [1.29, 1.82) is 0 Å². The van der Waals surface area contributed by atoms with Gasteiger partial charge in [-0.25, -0.2) is 8.42 Å². The monoisotopic (exact) mass is 585 g/mol. The zero-order valence-electron chi connectivity index (χ0n) is 24.2. The van der Waals surface area contributed by atoms with Gasteiger partial charge >= 0.3 is 0 Å². The third-order valence-corrected chi connectivity index (χ3v) is 9.82. The Kier molecular flexibility index (Phi) is 6.97. The summed E-state index contributed by atoms with van der Waals surface area (Å²) in [5.74, 6) is 0.0967. The molecule has 2 atom stereocenters. The molecular weight excluding hydrogens is 550 g/mol. The van der Waals surface area contributed by atoms with Crippen molar-refractivity contribution in [3.8, 4) is 0 Å². The molecule has 0 saturated carbocycles. The van der Waals surface area contributed by atoms with Crippen LogP contribution >= 0.6 is 0 Å². The Morgan fingerprint density at radius 2 is 1.55 bits per heavy atom. The lowest BCUT2D eigenvalue weighted by Gasteiger charge is -2.43. The zero-order chi connectivity index (χ0) is 29.8. The first-order valence-electron chi connectivity index (χ1n) is 14.1. The first-order valence-corrected chi connectivity index (χ1v) is 15.5. The second kappa shape index (κ2) is 10.5. The molecule has 218 valence electrons. The normalized spacial score (nSPS) is 18.0. The molecule has 1 aromatic heterocycles. The van der Waals surface area contributed by atoms with E-state index >= 15 is 0 Å². The summed E-state index contributed by atoms with van der Waals surface area (Å²) in [6.07, 6.45) is 0.887. The molecule has 6 rings (SSSR count). The smallest absolute Gasteiger partial charge is 0.275 e. The number of anilines is 3. The zero-order valence-corrected chi connectivity index (χ0v) is 25.1. The van der Waals surface area contributed by atoms with Crippen molar-refractivity contribution in [2.45, 2.75) is 23.8 Å². The van der Waals surface area contributed by atoms with E-state index < -0.39 is 10.0 Å². The van der Waals surface area contributed by atoms with Crippen molar-refractivity contribution in [3.63, 3.8) is 0 Å². The first kappa shape index (κ1) is 27.8. The Morgan fingerprint density at radius 3 is 2.26 bits per heavy atom. The van der Waals surface area contributed by atoms with Crippen LogP contribution in [-0.4, -0.2) is 65.1 Å². The first-order chi connectivity index (χ1) is 20.0. The van der Waals surface area contributed by atoms with Crippen LogP contribution in [0.5, 0.6) is 0 Å². The van der Waals surface area contributed by atoms with Crippen molar-refractivity contribution in [2.24, 2.45) is 5.92 Å². The lowest BCUT2D eigenvalue weighted by Crippen LogP contribution is -2.49. The lowest BCUT2D eigenvalue weighted by atomic mass is 9.83. The molecule has 2 bridgehead atoms. The van der Waals surface area contributed by atoms with Gasteiger partial charge in [-0.05, 0) is 60.9 Å². The highest BCUT2D eigenvalue weighted by Crippen LogP contribution is 2.36. The second-order valence-electron chi connectivity index (χ2n) is 11.7.